The minimum atomic E-state index is 0.561. The van der Waals surface area contributed by atoms with Crippen molar-refractivity contribution in [3.8, 4) is 112 Å². The lowest BCUT2D eigenvalue weighted by Gasteiger charge is -2.19. The molecule has 0 aliphatic heterocycles. The molecule has 27 aromatic rings. The molecule has 0 atom stereocenters. The Bertz CT molecular complexity index is 8850. The summed E-state index contributed by atoms with van der Waals surface area (Å²) in [6.07, 6.45) is 0. The molecule has 20 aromatic carbocycles. The normalized spacial score (nSPS) is 12.0. The van der Waals surface area contributed by atoms with Crippen LogP contribution in [-0.4, -0.2) is 37.4 Å². The van der Waals surface area contributed by atoms with Crippen LogP contribution in [0, 0.1) is 0 Å². The van der Waals surface area contributed by atoms with E-state index in [9.17, 15) is 0 Å². The van der Waals surface area contributed by atoms with E-state index in [1.165, 1.54) is 76.2 Å². The van der Waals surface area contributed by atoms with Gasteiger partial charge in [-0.15, -0.1) is 0 Å². The van der Waals surface area contributed by atoms with Gasteiger partial charge in [0.05, 0.1) is 77.4 Å². The van der Waals surface area contributed by atoms with Crippen LogP contribution in [0.15, 0.2) is 461 Å². The molecule has 0 N–H and O–H groups in total. The van der Waals surface area contributed by atoms with Crippen LogP contribution in [0.2, 0.25) is 0 Å². The van der Waals surface area contributed by atoms with Crippen molar-refractivity contribution in [1.29, 1.82) is 0 Å². The quantitative estimate of drug-likeness (QED) is 0.116. The molecule has 0 spiro atoms. The van der Waals surface area contributed by atoms with Crippen LogP contribution in [0.25, 0.3) is 254 Å². The Hall–Kier alpha value is -17.5. The minimum Gasteiger partial charge on any atom is -0.309 e. The van der Waals surface area contributed by atoms with Gasteiger partial charge < -0.3 is 22.8 Å². The van der Waals surface area contributed by atoms with Crippen LogP contribution in [0.5, 0.6) is 0 Å². The molecule has 0 aliphatic rings. The van der Waals surface area contributed by atoms with Gasteiger partial charge in [-0.25, -0.2) is 9.97 Å². The standard InChI is InChI=1S/C122H76N8/c1-7-28-77(29-8-1)92-44-27-45-93(78-30-9-2-10-31-78)120(92)121-106-76-91(129-116-64-54-83(79-50-60-112-98(68-79)94-40-19-23-46-108(94)125(112)87-32-11-3-12-33-87)72-102(116)103-73-84(55-65-117(103)129)80-51-61-113-99(69-80)95-41-20-24-47-109(95)126(113)88-34-13-4-14-35-88)58-59-107(106)123-122(124-121)130-118-66-56-85(81-52-62-114-100(70-81)96-42-21-25-48-110(96)127(114)89-36-15-5-16-37-89)74-104(118)105-75-86(57-67-119(105)130)82-53-63-115-101(71-82)97-43-22-26-49-111(97)128(115)90-38-17-6-18-39-90/h1-76H. The SMILES string of the molecule is c1ccc(-c2cccc(-c3ccccc3)c2-c2nc(-n3c4ccc(-c5ccc6c(c5)c5ccccc5n6-c5ccccc5)cc4c4cc(-c5ccc6c(c5)c5ccccc5n6-c5ccccc5)ccc43)nc3ccc(-n4c5ccc(-c6ccc7c(c6)c6ccccc6n7-c6ccccc6)cc5c5cc(-c6ccc7c(c6)c6ccccc6n7-c6ccccc6)ccc54)cc23)cc1. The molecule has 0 unspecified atom stereocenters. The Kier molecular flexibility index (Phi) is 16.3. The van der Waals surface area contributed by atoms with E-state index in [0.29, 0.717) is 5.95 Å². The van der Waals surface area contributed by atoms with Gasteiger partial charge in [-0.2, -0.15) is 0 Å². The molecule has 7 aromatic heterocycles. The summed E-state index contributed by atoms with van der Waals surface area (Å²) in [5.41, 5.74) is 34.9. The number of hydrogen-bond acceptors (Lipinski definition) is 2. The molecule has 130 heavy (non-hydrogen) atoms. The van der Waals surface area contributed by atoms with Gasteiger partial charge in [-0.05, 0) is 255 Å². The molecule has 8 nitrogen and oxygen atoms in total. The van der Waals surface area contributed by atoms with Gasteiger partial charge in [0, 0.05) is 104 Å². The zero-order chi connectivity index (χ0) is 85.2. The van der Waals surface area contributed by atoms with E-state index in [1.807, 2.05) is 0 Å². The second kappa shape index (κ2) is 29.1. The van der Waals surface area contributed by atoms with E-state index in [-0.39, 0.29) is 0 Å². The fraction of sp³-hybridized carbons (Fsp3) is 0. The van der Waals surface area contributed by atoms with Crippen LogP contribution in [-0.2, 0) is 0 Å². The second-order valence-corrected chi connectivity index (χ2v) is 34.3. The van der Waals surface area contributed by atoms with Crippen molar-refractivity contribution in [1.82, 2.24) is 37.4 Å². The molecule has 0 fully saturated rings. The third-order valence-corrected chi connectivity index (χ3v) is 27.2. The van der Waals surface area contributed by atoms with E-state index in [4.69, 9.17) is 9.97 Å². The molecule has 0 saturated carbocycles. The maximum Gasteiger partial charge on any atom is 0.235 e. The van der Waals surface area contributed by atoms with E-state index < -0.39 is 0 Å². The summed E-state index contributed by atoms with van der Waals surface area (Å²) >= 11 is 0. The molecule has 604 valence electrons. The fourth-order valence-electron chi connectivity index (χ4n) is 21.3. The number of hydrogen-bond donors (Lipinski definition) is 0. The van der Waals surface area contributed by atoms with E-state index in [0.717, 1.165) is 172 Å². The molecular formula is C122H76N8. The predicted octanol–water partition coefficient (Wildman–Crippen LogP) is 31.9. The van der Waals surface area contributed by atoms with Crippen molar-refractivity contribution in [3.63, 3.8) is 0 Å². The molecule has 7 heterocycles. The largest absolute Gasteiger partial charge is 0.309 e. The smallest absolute Gasteiger partial charge is 0.235 e. The summed E-state index contributed by atoms with van der Waals surface area (Å²) in [6.45, 7) is 0. The summed E-state index contributed by atoms with van der Waals surface area (Å²) in [4.78, 5) is 12.2. The maximum absolute atomic E-state index is 6.22. The Balaban J connectivity index is 0.688. The Labute approximate surface area is 747 Å². The average Bonchev–Trinajstić information content (AvgIpc) is 1.53. The lowest BCUT2D eigenvalue weighted by atomic mass is 9.88. The zero-order valence-electron chi connectivity index (χ0n) is 70.5. The minimum absolute atomic E-state index is 0.561. The van der Waals surface area contributed by atoms with Crippen LogP contribution in [0.1, 0.15) is 0 Å². The molecule has 0 amide bonds. The first kappa shape index (κ1) is 72.9. The summed E-state index contributed by atoms with van der Waals surface area (Å²) in [7, 11) is 0. The molecule has 8 heteroatoms. The van der Waals surface area contributed by atoms with Crippen molar-refractivity contribution in [2.24, 2.45) is 0 Å². The van der Waals surface area contributed by atoms with E-state index in [2.05, 4.69) is 488 Å². The third kappa shape index (κ3) is 11.4. The number of fused-ring (bicyclic) bond motifs is 19. The van der Waals surface area contributed by atoms with Gasteiger partial charge in [-0.3, -0.25) is 4.57 Å². The number of para-hydroxylation sites is 8. The Morgan fingerprint density at radius 3 is 0.669 bits per heavy atom. The van der Waals surface area contributed by atoms with E-state index in [1.54, 1.807) is 0 Å². The van der Waals surface area contributed by atoms with Gasteiger partial charge in [0.1, 0.15) is 0 Å². The van der Waals surface area contributed by atoms with Gasteiger partial charge in [0.15, 0.2) is 0 Å². The molecule has 0 radical (unpaired) electrons. The van der Waals surface area contributed by atoms with Crippen molar-refractivity contribution >= 4 is 142 Å². The van der Waals surface area contributed by atoms with Crippen LogP contribution in [0.4, 0.5) is 0 Å². The maximum atomic E-state index is 6.22. The summed E-state index contributed by atoms with van der Waals surface area (Å²) in [5, 5.41) is 15.0. The molecule has 27 rings (SSSR count). The highest BCUT2D eigenvalue weighted by Gasteiger charge is 2.27. The van der Waals surface area contributed by atoms with Gasteiger partial charge in [-0.1, -0.05) is 273 Å². The first-order valence-corrected chi connectivity index (χ1v) is 44.6. The summed E-state index contributed by atoms with van der Waals surface area (Å²) in [6, 6.07) is 170. The average molecular weight is 1650 g/mol. The van der Waals surface area contributed by atoms with Crippen LogP contribution in [0.3, 0.4) is 0 Å². The topological polar surface area (TPSA) is 55.4 Å². The van der Waals surface area contributed by atoms with Crippen molar-refractivity contribution in [2.45, 2.75) is 0 Å². The summed E-state index contributed by atoms with van der Waals surface area (Å²) in [5.74, 6) is 0.561. The van der Waals surface area contributed by atoms with Crippen LogP contribution >= 0.6 is 0 Å². The highest BCUT2D eigenvalue weighted by molar-refractivity contribution is 6.19. The number of benzene rings is 20. The number of aromatic nitrogens is 8. The second-order valence-electron chi connectivity index (χ2n) is 34.3. The number of nitrogens with zero attached hydrogens (tertiary/aromatic N) is 8. The highest BCUT2D eigenvalue weighted by atomic mass is 15.2. The first-order valence-electron chi connectivity index (χ1n) is 44.6. The first-order chi connectivity index (χ1) is 64.5. The van der Waals surface area contributed by atoms with Crippen molar-refractivity contribution < 1.29 is 0 Å². The monoisotopic (exact) mass is 1650 g/mol. The van der Waals surface area contributed by atoms with Crippen LogP contribution < -0.4 is 0 Å². The Morgan fingerprint density at radius 2 is 0.377 bits per heavy atom. The Morgan fingerprint density at radius 1 is 0.138 bits per heavy atom. The van der Waals surface area contributed by atoms with Gasteiger partial charge in [0.25, 0.3) is 0 Å². The summed E-state index contributed by atoms with van der Waals surface area (Å²) < 4.78 is 14.4. The molecule has 0 aliphatic carbocycles. The van der Waals surface area contributed by atoms with Gasteiger partial charge >= 0.3 is 0 Å². The van der Waals surface area contributed by atoms with E-state index >= 15 is 0 Å². The third-order valence-electron chi connectivity index (χ3n) is 27.2. The predicted molar refractivity (Wildman–Crippen MR) is 544 cm³/mol. The lowest BCUT2D eigenvalue weighted by molar-refractivity contribution is 1.01. The van der Waals surface area contributed by atoms with Gasteiger partial charge in [0.2, 0.25) is 5.95 Å². The highest BCUT2D eigenvalue weighted by Crippen LogP contribution is 2.49. The van der Waals surface area contributed by atoms with Crippen molar-refractivity contribution in [2.75, 3.05) is 0 Å². The molecule has 0 saturated heterocycles. The molecular weight excluding hydrogens is 1580 g/mol. The zero-order valence-corrected chi connectivity index (χ0v) is 70.5. The lowest BCUT2D eigenvalue weighted by Crippen LogP contribution is -2.05. The fourth-order valence-corrected chi connectivity index (χ4v) is 21.3. The molecule has 0 bridgehead atoms. The number of rotatable bonds is 13. The van der Waals surface area contributed by atoms with Crippen molar-refractivity contribution in [3.05, 3.63) is 461 Å².